The van der Waals surface area contributed by atoms with Crippen molar-refractivity contribution in [2.45, 2.75) is 24.9 Å². The number of ether oxygens (including phenoxy) is 1. The van der Waals surface area contributed by atoms with Crippen LogP contribution < -0.4 is 0 Å². The molecule has 0 N–H and O–H groups in total. The number of hydrogen-bond acceptors (Lipinski definition) is 3. The minimum Gasteiger partial charge on any atom is -0.450 e. The van der Waals surface area contributed by atoms with Crippen molar-refractivity contribution in [1.29, 1.82) is 0 Å². The molecule has 2 aliphatic heterocycles. The predicted molar refractivity (Wildman–Crippen MR) is 94.5 cm³/mol. The fourth-order valence-corrected chi connectivity index (χ4v) is 3.85. The molecule has 0 saturated carbocycles. The van der Waals surface area contributed by atoms with Crippen molar-refractivity contribution in [3.63, 3.8) is 0 Å². The molecule has 1 spiro atoms. The molecule has 4 nitrogen and oxygen atoms in total. The van der Waals surface area contributed by atoms with E-state index in [0.717, 1.165) is 11.1 Å². The highest BCUT2D eigenvalue weighted by atomic mass is 35.5. The first kappa shape index (κ1) is 16.2. The van der Waals surface area contributed by atoms with Gasteiger partial charge in [-0.2, -0.15) is 0 Å². The highest BCUT2D eigenvalue weighted by Gasteiger charge is 2.47. The normalized spacial score (nSPS) is 18.1. The number of esters is 1. The second-order valence-corrected chi connectivity index (χ2v) is 7.05. The first-order valence-electron chi connectivity index (χ1n) is 8.42. The van der Waals surface area contributed by atoms with Gasteiger partial charge in [-0.25, -0.2) is 4.79 Å². The standard InChI is InChI=1S/C20H18ClNO3/c21-15-7-5-14(6-8-15)13-18(23)22-11-9-20(10-12-22)17-4-2-1-3-16(17)19(24)25-20/h1-8H,9-13H2. The van der Waals surface area contributed by atoms with Crippen LogP contribution in [-0.4, -0.2) is 29.9 Å². The highest BCUT2D eigenvalue weighted by molar-refractivity contribution is 6.30. The Morgan fingerprint density at radius 1 is 1.08 bits per heavy atom. The number of fused-ring (bicyclic) bond motifs is 2. The molecule has 5 heteroatoms. The summed E-state index contributed by atoms with van der Waals surface area (Å²) in [4.78, 5) is 26.5. The Hall–Kier alpha value is -2.33. The average molecular weight is 356 g/mol. The van der Waals surface area contributed by atoms with Crippen molar-refractivity contribution >= 4 is 23.5 Å². The van der Waals surface area contributed by atoms with Crippen LogP contribution in [0.25, 0.3) is 0 Å². The van der Waals surface area contributed by atoms with E-state index in [1.165, 1.54) is 0 Å². The molecule has 1 saturated heterocycles. The third-order valence-corrected chi connectivity index (χ3v) is 5.37. The SMILES string of the molecule is O=C1OC2(CCN(C(=O)Cc3ccc(Cl)cc3)CC2)c2ccccc21. The van der Waals surface area contributed by atoms with Gasteiger partial charge in [-0.1, -0.05) is 41.9 Å². The maximum atomic E-state index is 12.6. The van der Waals surface area contributed by atoms with E-state index in [2.05, 4.69) is 0 Å². The minimum absolute atomic E-state index is 0.0924. The number of amides is 1. The number of nitrogens with zero attached hydrogens (tertiary/aromatic N) is 1. The molecule has 0 bridgehead atoms. The largest absolute Gasteiger partial charge is 0.450 e. The summed E-state index contributed by atoms with van der Waals surface area (Å²) in [5.74, 6) is -0.161. The number of likely N-dealkylation sites (tertiary alicyclic amines) is 1. The summed E-state index contributed by atoms with van der Waals surface area (Å²) in [6, 6.07) is 14.9. The molecule has 2 aliphatic rings. The van der Waals surface area contributed by atoms with Crippen LogP contribution in [0.5, 0.6) is 0 Å². The molecule has 1 fully saturated rings. The van der Waals surface area contributed by atoms with Crippen molar-refractivity contribution < 1.29 is 14.3 Å². The molecule has 2 aromatic carbocycles. The van der Waals surface area contributed by atoms with E-state index in [1.807, 2.05) is 41.3 Å². The number of hydrogen-bond donors (Lipinski definition) is 0. The van der Waals surface area contributed by atoms with E-state index in [-0.39, 0.29) is 11.9 Å². The van der Waals surface area contributed by atoms with Crippen molar-refractivity contribution in [3.8, 4) is 0 Å². The lowest BCUT2D eigenvalue weighted by Crippen LogP contribution is -2.45. The number of benzene rings is 2. The van der Waals surface area contributed by atoms with Gasteiger partial charge >= 0.3 is 5.97 Å². The number of carbonyl (C=O) groups excluding carboxylic acids is 2. The zero-order chi connectivity index (χ0) is 17.4. The molecule has 128 valence electrons. The zero-order valence-corrected chi connectivity index (χ0v) is 14.5. The lowest BCUT2D eigenvalue weighted by atomic mass is 9.83. The van der Waals surface area contributed by atoms with Crippen LogP contribution in [0.15, 0.2) is 48.5 Å². The maximum Gasteiger partial charge on any atom is 0.339 e. The fourth-order valence-electron chi connectivity index (χ4n) is 3.72. The summed E-state index contributed by atoms with van der Waals surface area (Å²) in [6.07, 6.45) is 1.64. The van der Waals surface area contributed by atoms with E-state index in [0.29, 0.717) is 42.9 Å². The molecule has 25 heavy (non-hydrogen) atoms. The molecule has 0 aromatic heterocycles. The monoisotopic (exact) mass is 355 g/mol. The van der Waals surface area contributed by atoms with Crippen LogP contribution in [0.2, 0.25) is 5.02 Å². The van der Waals surface area contributed by atoms with E-state index < -0.39 is 5.60 Å². The van der Waals surface area contributed by atoms with Gasteiger partial charge in [-0.15, -0.1) is 0 Å². The van der Waals surface area contributed by atoms with Crippen LogP contribution in [0.1, 0.15) is 34.3 Å². The van der Waals surface area contributed by atoms with Crippen LogP contribution in [-0.2, 0) is 21.6 Å². The van der Waals surface area contributed by atoms with Gasteiger partial charge in [0.05, 0.1) is 12.0 Å². The van der Waals surface area contributed by atoms with Crippen molar-refractivity contribution in [2.75, 3.05) is 13.1 Å². The van der Waals surface area contributed by atoms with Crippen molar-refractivity contribution in [3.05, 3.63) is 70.2 Å². The Labute approximate surface area is 151 Å². The van der Waals surface area contributed by atoms with Gasteiger partial charge in [0.1, 0.15) is 5.60 Å². The zero-order valence-electron chi connectivity index (χ0n) is 13.7. The maximum absolute atomic E-state index is 12.6. The highest BCUT2D eigenvalue weighted by Crippen LogP contribution is 2.43. The third-order valence-electron chi connectivity index (χ3n) is 5.12. The first-order valence-corrected chi connectivity index (χ1v) is 8.80. The second-order valence-electron chi connectivity index (χ2n) is 6.61. The Bertz CT molecular complexity index is 823. The third kappa shape index (κ3) is 2.91. The summed E-state index contributed by atoms with van der Waals surface area (Å²) < 4.78 is 5.73. The number of piperidine rings is 1. The molecule has 0 atom stereocenters. The van der Waals surface area contributed by atoms with Crippen LogP contribution in [0, 0.1) is 0 Å². The summed E-state index contributed by atoms with van der Waals surface area (Å²) in [7, 11) is 0. The van der Waals surface area contributed by atoms with Crippen LogP contribution >= 0.6 is 11.6 Å². The van der Waals surface area contributed by atoms with E-state index in [9.17, 15) is 9.59 Å². The van der Waals surface area contributed by atoms with Gasteiger partial charge in [0.2, 0.25) is 5.91 Å². The summed E-state index contributed by atoms with van der Waals surface area (Å²) in [6.45, 7) is 1.18. The lowest BCUT2D eigenvalue weighted by molar-refractivity contribution is -0.134. The van der Waals surface area contributed by atoms with Gasteiger partial charge in [0.15, 0.2) is 0 Å². The quantitative estimate of drug-likeness (QED) is 0.774. The predicted octanol–water partition coefficient (Wildman–Crippen LogP) is 3.57. The molecular formula is C20H18ClNO3. The smallest absolute Gasteiger partial charge is 0.339 e. The molecule has 0 unspecified atom stereocenters. The molecule has 2 heterocycles. The first-order chi connectivity index (χ1) is 12.1. The molecule has 4 rings (SSSR count). The second kappa shape index (κ2) is 6.19. The molecule has 1 amide bonds. The van der Waals surface area contributed by atoms with Gasteiger partial charge in [-0.3, -0.25) is 4.79 Å². The summed E-state index contributed by atoms with van der Waals surface area (Å²) in [5, 5.41) is 0.665. The number of carbonyl (C=O) groups is 2. The summed E-state index contributed by atoms with van der Waals surface area (Å²) in [5.41, 5.74) is 2.01. The Balaban J connectivity index is 1.44. The molecule has 0 aliphatic carbocycles. The topological polar surface area (TPSA) is 46.6 Å². The van der Waals surface area contributed by atoms with Crippen molar-refractivity contribution in [2.24, 2.45) is 0 Å². The van der Waals surface area contributed by atoms with Crippen LogP contribution in [0.4, 0.5) is 0 Å². The van der Waals surface area contributed by atoms with Gasteiger partial charge in [0.25, 0.3) is 0 Å². The Morgan fingerprint density at radius 2 is 1.76 bits per heavy atom. The van der Waals surface area contributed by atoms with Gasteiger partial charge in [0, 0.05) is 36.5 Å². The molecule has 2 aromatic rings. The van der Waals surface area contributed by atoms with E-state index in [1.54, 1.807) is 12.1 Å². The van der Waals surface area contributed by atoms with Crippen LogP contribution in [0.3, 0.4) is 0 Å². The molecule has 0 radical (unpaired) electrons. The van der Waals surface area contributed by atoms with E-state index >= 15 is 0 Å². The Kier molecular flexibility index (Phi) is 4.00. The minimum atomic E-state index is -0.565. The van der Waals surface area contributed by atoms with Crippen molar-refractivity contribution in [1.82, 2.24) is 4.90 Å². The Morgan fingerprint density at radius 3 is 2.48 bits per heavy atom. The lowest BCUT2D eigenvalue weighted by Gasteiger charge is -2.38. The van der Waals surface area contributed by atoms with E-state index in [4.69, 9.17) is 16.3 Å². The number of halogens is 1. The van der Waals surface area contributed by atoms with Gasteiger partial charge < -0.3 is 9.64 Å². The summed E-state index contributed by atoms with van der Waals surface area (Å²) >= 11 is 5.88. The molecular weight excluding hydrogens is 338 g/mol. The number of rotatable bonds is 2. The average Bonchev–Trinajstić information content (AvgIpc) is 2.90. The van der Waals surface area contributed by atoms with Gasteiger partial charge in [-0.05, 0) is 23.8 Å². The fraction of sp³-hybridized carbons (Fsp3) is 0.300.